The monoisotopic (exact) mass is 363 g/mol. The molecule has 0 aliphatic rings. The molecule has 1 N–H and O–H groups in total. The molecule has 0 bridgehead atoms. The molecule has 122 valence electrons. The van der Waals surface area contributed by atoms with Crippen LogP contribution in [0.2, 0.25) is 5.02 Å². The molecule has 3 aromatic rings. The molecule has 0 unspecified atom stereocenters. The van der Waals surface area contributed by atoms with Crippen molar-refractivity contribution in [3.8, 4) is 17.1 Å². The maximum absolute atomic E-state index is 12.9. The second-order valence-electron chi connectivity index (χ2n) is 4.70. The first-order valence-electron chi connectivity index (χ1n) is 6.88. The van der Waals surface area contributed by atoms with E-state index in [1.165, 1.54) is 12.1 Å². The number of carbonyl (C=O) groups is 1. The third kappa shape index (κ3) is 4.06. The number of nitrogens with zero attached hydrogens (tertiary/aromatic N) is 2. The number of aromatic nitrogens is 2. The van der Waals surface area contributed by atoms with Crippen molar-refractivity contribution >= 4 is 34.2 Å². The maximum Gasteiger partial charge on any atom is 0.264 e. The van der Waals surface area contributed by atoms with E-state index < -0.39 is 0 Å². The Morgan fingerprint density at radius 3 is 2.71 bits per heavy atom. The number of nitrogens with one attached hydrogen (secondary N) is 1. The summed E-state index contributed by atoms with van der Waals surface area (Å²) in [5, 5.41) is 3.36. The summed E-state index contributed by atoms with van der Waals surface area (Å²) in [5.41, 5.74) is 0.667. The lowest BCUT2D eigenvalue weighted by molar-refractivity contribution is -0.118. The third-order valence-corrected chi connectivity index (χ3v) is 3.91. The molecule has 1 amide bonds. The fourth-order valence-corrected chi connectivity index (χ4v) is 2.65. The molecule has 1 aromatic heterocycles. The van der Waals surface area contributed by atoms with E-state index in [-0.39, 0.29) is 18.3 Å². The number of amides is 1. The van der Waals surface area contributed by atoms with Gasteiger partial charge in [-0.25, -0.2) is 4.39 Å². The van der Waals surface area contributed by atoms with Crippen LogP contribution in [0.15, 0.2) is 48.5 Å². The molecule has 0 saturated carbocycles. The topological polar surface area (TPSA) is 64.1 Å². The predicted octanol–water partition coefficient (Wildman–Crippen LogP) is 4.02. The molecule has 0 aliphatic heterocycles. The zero-order valence-corrected chi connectivity index (χ0v) is 13.8. The summed E-state index contributed by atoms with van der Waals surface area (Å²) in [6, 6.07) is 12.7. The average molecular weight is 364 g/mol. The van der Waals surface area contributed by atoms with Gasteiger partial charge in [0.05, 0.1) is 5.02 Å². The quantitative estimate of drug-likeness (QED) is 0.743. The smallest absolute Gasteiger partial charge is 0.264 e. The largest absolute Gasteiger partial charge is 0.482 e. The van der Waals surface area contributed by atoms with E-state index in [0.29, 0.717) is 27.3 Å². The first-order chi connectivity index (χ1) is 11.6. The van der Waals surface area contributed by atoms with Gasteiger partial charge in [-0.3, -0.25) is 10.1 Å². The van der Waals surface area contributed by atoms with E-state index in [9.17, 15) is 9.18 Å². The lowest BCUT2D eigenvalue weighted by Crippen LogP contribution is -2.20. The van der Waals surface area contributed by atoms with Crippen molar-refractivity contribution in [2.24, 2.45) is 0 Å². The van der Waals surface area contributed by atoms with Crippen LogP contribution >= 0.6 is 23.1 Å². The van der Waals surface area contributed by atoms with Crippen molar-refractivity contribution in [3.05, 3.63) is 59.4 Å². The highest BCUT2D eigenvalue weighted by atomic mass is 35.5. The SMILES string of the molecule is O=C(COc1ccccc1Cl)Nc1nc(-c2ccc(F)cc2)ns1. The lowest BCUT2D eigenvalue weighted by atomic mass is 10.2. The summed E-state index contributed by atoms with van der Waals surface area (Å²) >= 11 is 6.98. The van der Waals surface area contributed by atoms with E-state index in [2.05, 4.69) is 14.7 Å². The van der Waals surface area contributed by atoms with Crippen LogP contribution in [0.1, 0.15) is 0 Å². The zero-order valence-electron chi connectivity index (χ0n) is 12.2. The molecule has 0 atom stereocenters. The van der Waals surface area contributed by atoms with Gasteiger partial charge in [-0.05, 0) is 36.4 Å². The summed E-state index contributed by atoms with van der Waals surface area (Å²) in [6.07, 6.45) is 0. The number of hydrogen-bond donors (Lipinski definition) is 1. The Balaban J connectivity index is 1.59. The maximum atomic E-state index is 12.9. The first kappa shape index (κ1) is 16.4. The number of benzene rings is 2. The van der Waals surface area contributed by atoms with Gasteiger partial charge in [0, 0.05) is 17.1 Å². The van der Waals surface area contributed by atoms with Crippen LogP contribution in [-0.2, 0) is 4.79 Å². The Morgan fingerprint density at radius 2 is 1.96 bits per heavy atom. The minimum atomic E-state index is -0.378. The molecule has 8 heteroatoms. The Bertz CT molecular complexity index is 855. The van der Waals surface area contributed by atoms with E-state index in [4.69, 9.17) is 16.3 Å². The number of anilines is 1. The fraction of sp³-hybridized carbons (Fsp3) is 0.0625. The van der Waals surface area contributed by atoms with Gasteiger partial charge in [0.15, 0.2) is 12.4 Å². The first-order valence-corrected chi connectivity index (χ1v) is 8.04. The lowest BCUT2D eigenvalue weighted by Gasteiger charge is -2.06. The highest BCUT2D eigenvalue weighted by Crippen LogP contribution is 2.23. The van der Waals surface area contributed by atoms with Crippen molar-refractivity contribution < 1.29 is 13.9 Å². The highest BCUT2D eigenvalue weighted by molar-refractivity contribution is 7.10. The van der Waals surface area contributed by atoms with Gasteiger partial charge in [-0.15, -0.1) is 0 Å². The standard InChI is InChI=1S/C16H11ClFN3O2S/c17-12-3-1-2-4-13(12)23-9-14(22)19-16-20-15(21-24-16)10-5-7-11(18)8-6-10/h1-8H,9H2,(H,19,20,21,22). The van der Waals surface area contributed by atoms with Crippen LogP contribution in [0.4, 0.5) is 9.52 Å². The Morgan fingerprint density at radius 1 is 1.21 bits per heavy atom. The summed E-state index contributed by atoms with van der Waals surface area (Å²) in [4.78, 5) is 16.1. The molecule has 1 heterocycles. The average Bonchev–Trinajstić information content (AvgIpc) is 3.03. The summed E-state index contributed by atoms with van der Waals surface area (Å²) in [5.74, 6) is 0.136. The second kappa shape index (κ2) is 7.37. The van der Waals surface area contributed by atoms with Gasteiger partial charge in [-0.1, -0.05) is 23.7 Å². The van der Waals surface area contributed by atoms with Crippen molar-refractivity contribution in [1.82, 2.24) is 9.36 Å². The minimum absolute atomic E-state index is 0.199. The van der Waals surface area contributed by atoms with Crippen LogP contribution in [-0.4, -0.2) is 21.9 Å². The van der Waals surface area contributed by atoms with Crippen LogP contribution in [0.5, 0.6) is 5.75 Å². The van der Waals surface area contributed by atoms with E-state index in [1.54, 1.807) is 36.4 Å². The van der Waals surface area contributed by atoms with Crippen molar-refractivity contribution in [3.63, 3.8) is 0 Å². The molecule has 0 aliphatic carbocycles. The van der Waals surface area contributed by atoms with Gasteiger partial charge in [0.25, 0.3) is 5.91 Å². The molecule has 0 radical (unpaired) electrons. The summed E-state index contributed by atoms with van der Waals surface area (Å²) in [6.45, 7) is -0.199. The number of ether oxygens (including phenoxy) is 1. The molecule has 2 aromatic carbocycles. The van der Waals surface area contributed by atoms with E-state index in [0.717, 1.165) is 11.5 Å². The molecule has 5 nitrogen and oxygen atoms in total. The number of para-hydroxylation sites is 1. The van der Waals surface area contributed by atoms with Crippen molar-refractivity contribution in [2.45, 2.75) is 0 Å². The molecule has 3 rings (SSSR count). The predicted molar refractivity (Wildman–Crippen MR) is 90.9 cm³/mol. The van der Waals surface area contributed by atoms with Gasteiger partial charge >= 0.3 is 0 Å². The van der Waals surface area contributed by atoms with E-state index >= 15 is 0 Å². The molecule has 0 saturated heterocycles. The molecular formula is C16H11ClFN3O2S. The number of halogens is 2. The van der Waals surface area contributed by atoms with Crippen molar-refractivity contribution in [1.29, 1.82) is 0 Å². The molecule has 0 fully saturated rings. The zero-order chi connectivity index (χ0) is 16.9. The number of rotatable bonds is 5. The van der Waals surface area contributed by atoms with Gasteiger partial charge in [0.1, 0.15) is 11.6 Å². The van der Waals surface area contributed by atoms with Crippen LogP contribution in [0.3, 0.4) is 0 Å². The van der Waals surface area contributed by atoms with Gasteiger partial charge in [-0.2, -0.15) is 9.36 Å². The Kier molecular flexibility index (Phi) is 5.02. The summed E-state index contributed by atoms with van der Waals surface area (Å²) in [7, 11) is 0. The minimum Gasteiger partial charge on any atom is -0.482 e. The van der Waals surface area contributed by atoms with Crippen LogP contribution in [0.25, 0.3) is 11.4 Å². The fourth-order valence-electron chi connectivity index (χ4n) is 1.85. The third-order valence-electron chi connectivity index (χ3n) is 2.97. The Labute approximate surface area is 146 Å². The number of hydrogen-bond acceptors (Lipinski definition) is 5. The summed E-state index contributed by atoms with van der Waals surface area (Å²) < 4.78 is 22.4. The second-order valence-corrected chi connectivity index (χ2v) is 5.86. The van der Waals surface area contributed by atoms with E-state index in [1.807, 2.05) is 0 Å². The van der Waals surface area contributed by atoms with Crippen LogP contribution < -0.4 is 10.1 Å². The molecule has 0 spiro atoms. The number of carbonyl (C=O) groups excluding carboxylic acids is 1. The van der Waals surface area contributed by atoms with Crippen molar-refractivity contribution in [2.75, 3.05) is 11.9 Å². The molecular weight excluding hydrogens is 353 g/mol. The molecule has 24 heavy (non-hydrogen) atoms. The normalized spacial score (nSPS) is 10.4. The highest BCUT2D eigenvalue weighted by Gasteiger charge is 2.11. The Hall–Kier alpha value is -2.51. The van der Waals surface area contributed by atoms with Gasteiger partial charge < -0.3 is 4.74 Å². The van der Waals surface area contributed by atoms with Crippen LogP contribution in [0, 0.1) is 5.82 Å². The van der Waals surface area contributed by atoms with Gasteiger partial charge in [0.2, 0.25) is 5.13 Å².